The van der Waals surface area contributed by atoms with Crippen molar-refractivity contribution in [2.75, 3.05) is 11.4 Å². The Morgan fingerprint density at radius 2 is 1.92 bits per heavy atom. The summed E-state index contributed by atoms with van der Waals surface area (Å²) < 4.78 is 69.9. The van der Waals surface area contributed by atoms with Crippen LogP contribution < -0.4 is 4.90 Å². The van der Waals surface area contributed by atoms with Gasteiger partial charge in [-0.05, 0) is 42.7 Å². The van der Waals surface area contributed by atoms with Crippen LogP contribution in [-0.4, -0.2) is 26.4 Å². The summed E-state index contributed by atoms with van der Waals surface area (Å²) in [6.45, 7) is 1.33. The lowest BCUT2D eigenvalue weighted by molar-refractivity contribution is -0.382. The third-order valence-electron chi connectivity index (χ3n) is 6.19. The van der Waals surface area contributed by atoms with E-state index >= 15 is 4.39 Å². The minimum Gasteiger partial charge on any atom is -0.356 e. The normalized spacial score (nSPS) is 15.9. The molecule has 1 N–H and O–H groups in total. The number of H-pyrrole nitrogens is 1. The smallest absolute Gasteiger partial charge is 0.356 e. The van der Waals surface area contributed by atoms with Gasteiger partial charge in [0.05, 0.1) is 15.8 Å². The molecule has 1 unspecified atom stereocenters. The number of nitrogens with zero attached hydrogens (tertiary/aromatic N) is 4. The Labute approximate surface area is 204 Å². The average Bonchev–Trinajstić information content (AvgIpc) is 3.20. The number of hydrogen-bond acceptors (Lipinski definition) is 5. The van der Waals surface area contributed by atoms with Gasteiger partial charge in [0.2, 0.25) is 5.95 Å². The van der Waals surface area contributed by atoms with Gasteiger partial charge >= 0.3 is 6.18 Å². The van der Waals surface area contributed by atoms with E-state index in [2.05, 4.69) is 15.0 Å². The molecule has 1 aliphatic heterocycles. The summed E-state index contributed by atoms with van der Waals surface area (Å²) in [5.41, 5.74) is -0.733. The monoisotopic (exact) mass is 523 g/mol. The Kier molecular flexibility index (Phi) is 5.58. The van der Waals surface area contributed by atoms with Gasteiger partial charge in [0.25, 0.3) is 5.69 Å². The lowest BCUT2D eigenvalue weighted by Gasteiger charge is -2.36. The molecule has 0 amide bonds. The Bertz CT molecular complexity index is 1540. The van der Waals surface area contributed by atoms with Crippen LogP contribution in [0.5, 0.6) is 0 Å². The molecule has 0 radical (unpaired) electrons. The highest BCUT2D eigenvalue weighted by Crippen LogP contribution is 2.45. The summed E-state index contributed by atoms with van der Waals surface area (Å²) in [4.78, 5) is 23.1. The van der Waals surface area contributed by atoms with Gasteiger partial charge in [0, 0.05) is 24.0 Å². The number of hydrogen-bond donors (Lipinski definition) is 1. The van der Waals surface area contributed by atoms with E-state index in [1.165, 1.54) is 36.1 Å². The predicted octanol–water partition coefficient (Wildman–Crippen LogP) is 6.28. The number of benzene rings is 2. The van der Waals surface area contributed by atoms with Gasteiger partial charge in [-0.15, -0.1) is 0 Å². The summed E-state index contributed by atoms with van der Waals surface area (Å²) in [7, 11) is 0. The maximum Gasteiger partial charge on any atom is 0.433 e. The topological polar surface area (TPSA) is 88.0 Å². The van der Waals surface area contributed by atoms with Crippen LogP contribution in [0.1, 0.15) is 34.1 Å². The molecule has 0 spiro atoms. The molecule has 36 heavy (non-hydrogen) atoms. The molecule has 5 rings (SSSR count). The maximum absolute atomic E-state index is 15.3. The Hall–Kier alpha value is -3.80. The van der Waals surface area contributed by atoms with Crippen LogP contribution in [0.4, 0.5) is 33.6 Å². The van der Waals surface area contributed by atoms with Gasteiger partial charge in [-0.1, -0.05) is 23.7 Å². The van der Waals surface area contributed by atoms with Crippen molar-refractivity contribution in [3.63, 3.8) is 0 Å². The molecule has 13 heteroatoms. The summed E-state index contributed by atoms with van der Waals surface area (Å²) >= 11 is 6.10. The van der Waals surface area contributed by atoms with Crippen molar-refractivity contribution >= 4 is 34.1 Å². The second-order valence-electron chi connectivity index (χ2n) is 8.28. The summed E-state index contributed by atoms with van der Waals surface area (Å²) in [6, 6.07) is 5.00. The molecule has 0 aliphatic carbocycles. The van der Waals surface area contributed by atoms with E-state index in [0.29, 0.717) is 17.1 Å². The highest BCUT2D eigenvalue weighted by Gasteiger charge is 2.39. The van der Waals surface area contributed by atoms with Gasteiger partial charge in [-0.2, -0.15) is 13.2 Å². The molecule has 0 fully saturated rings. The van der Waals surface area contributed by atoms with Crippen LogP contribution >= 0.6 is 11.6 Å². The summed E-state index contributed by atoms with van der Waals surface area (Å²) in [5.74, 6) is -2.67. The van der Waals surface area contributed by atoms with Gasteiger partial charge < -0.3 is 9.88 Å². The number of anilines is 1. The fraction of sp³-hybridized carbons (Fsp3) is 0.217. The standard InChI is InChI=1S/C23H15ClF5N5O2/c1-10-2-3-12(18(26)17(10)25)20-19-11(16-14(31-19)5-4-13(24)21(16)34(35)36)7-9-33(20)22-30-8-6-15(32-22)23(27,28)29/h2-6,8,20,31H,7,9H2,1H3. The molecule has 0 bridgehead atoms. The van der Waals surface area contributed by atoms with Crippen LogP contribution in [-0.2, 0) is 12.6 Å². The number of alkyl halides is 3. The first-order chi connectivity index (χ1) is 17.0. The molecule has 1 aliphatic rings. The number of nitrogens with one attached hydrogen (secondary N) is 1. The van der Waals surface area contributed by atoms with Crippen molar-refractivity contribution in [1.29, 1.82) is 0 Å². The molecule has 0 saturated heterocycles. The van der Waals surface area contributed by atoms with E-state index < -0.39 is 34.5 Å². The lowest BCUT2D eigenvalue weighted by Crippen LogP contribution is -2.38. The van der Waals surface area contributed by atoms with Crippen molar-refractivity contribution in [3.05, 3.63) is 91.4 Å². The first-order valence-corrected chi connectivity index (χ1v) is 11.0. The zero-order chi connectivity index (χ0) is 25.9. The first-order valence-electron chi connectivity index (χ1n) is 10.6. The molecule has 186 valence electrons. The Morgan fingerprint density at radius 3 is 2.61 bits per heavy atom. The number of nitro groups is 1. The van der Waals surface area contributed by atoms with Crippen LogP contribution in [0.3, 0.4) is 0 Å². The SMILES string of the molecule is Cc1ccc(C2c3[nH]c4ccc(Cl)c([N+](=O)[O-])c4c3CCN2c2nccc(C(F)(F)F)n2)c(F)c1F. The predicted molar refractivity (Wildman–Crippen MR) is 121 cm³/mol. The van der Waals surface area contributed by atoms with E-state index in [-0.39, 0.29) is 51.8 Å². The largest absolute Gasteiger partial charge is 0.433 e. The molecular weight excluding hydrogens is 509 g/mol. The molecule has 2 aromatic heterocycles. The van der Waals surface area contributed by atoms with Crippen LogP contribution in [0, 0.1) is 28.7 Å². The number of nitro benzene ring substituents is 1. The number of aromatic nitrogens is 3. The van der Waals surface area contributed by atoms with Gasteiger partial charge in [0.1, 0.15) is 16.8 Å². The van der Waals surface area contributed by atoms with E-state index in [4.69, 9.17) is 11.6 Å². The van der Waals surface area contributed by atoms with Gasteiger partial charge in [-0.3, -0.25) is 10.1 Å². The van der Waals surface area contributed by atoms with Crippen LogP contribution in [0.2, 0.25) is 5.02 Å². The highest BCUT2D eigenvalue weighted by molar-refractivity contribution is 6.34. The number of fused-ring (bicyclic) bond motifs is 3. The van der Waals surface area contributed by atoms with Gasteiger partial charge in [-0.25, -0.2) is 18.7 Å². The summed E-state index contributed by atoms with van der Waals surface area (Å²) in [6.07, 6.45) is -3.71. The first kappa shape index (κ1) is 23.9. The highest BCUT2D eigenvalue weighted by atomic mass is 35.5. The average molecular weight is 524 g/mol. The lowest BCUT2D eigenvalue weighted by atomic mass is 9.91. The zero-order valence-electron chi connectivity index (χ0n) is 18.3. The van der Waals surface area contributed by atoms with Crippen molar-refractivity contribution in [3.8, 4) is 0 Å². The molecule has 2 aromatic carbocycles. The number of rotatable bonds is 3. The number of aromatic amines is 1. The van der Waals surface area contributed by atoms with E-state index in [9.17, 15) is 27.7 Å². The quantitative estimate of drug-likeness (QED) is 0.194. The molecule has 4 aromatic rings. The van der Waals surface area contributed by atoms with Crippen molar-refractivity contribution < 1.29 is 26.9 Å². The number of halogens is 6. The minimum absolute atomic E-state index is 0.0354. The second kappa shape index (κ2) is 8.40. The van der Waals surface area contributed by atoms with Crippen LogP contribution in [0.25, 0.3) is 10.9 Å². The second-order valence-corrected chi connectivity index (χ2v) is 8.69. The fourth-order valence-corrected chi connectivity index (χ4v) is 4.80. The molecule has 7 nitrogen and oxygen atoms in total. The minimum atomic E-state index is -4.76. The van der Waals surface area contributed by atoms with Crippen molar-refractivity contribution in [1.82, 2.24) is 15.0 Å². The van der Waals surface area contributed by atoms with E-state index in [1.807, 2.05) is 0 Å². The third-order valence-corrected chi connectivity index (χ3v) is 6.49. The Morgan fingerprint density at radius 1 is 1.17 bits per heavy atom. The van der Waals surface area contributed by atoms with Gasteiger partial charge in [0.15, 0.2) is 11.6 Å². The summed E-state index contributed by atoms with van der Waals surface area (Å²) in [5, 5.41) is 11.9. The molecule has 0 saturated carbocycles. The molecular formula is C23H15ClF5N5O2. The zero-order valence-corrected chi connectivity index (χ0v) is 19.1. The van der Waals surface area contributed by atoms with E-state index in [1.54, 1.807) is 0 Å². The Balaban J connectivity index is 1.79. The van der Waals surface area contributed by atoms with Crippen LogP contribution in [0.15, 0.2) is 36.5 Å². The third kappa shape index (κ3) is 3.72. The van der Waals surface area contributed by atoms with Crippen molar-refractivity contribution in [2.24, 2.45) is 0 Å². The van der Waals surface area contributed by atoms with Crippen molar-refractivity contribution in [2.45, 2.75) is 25.6 Å². The maximum atomic E-state index is 15.3. The van der Waals surface area contributed by atoms with E-state index in [0.717, 1.165) is 6.20 Å². The molecule has 3 heterocycles. The molecule has 1 atom stereocenters. The fourth-order valence-electron chi connectivity index (χ4n) is 4.57. The number of aryl methyl sites for hydroxylation is 1.